The van der Waals surface area contributed by atoms with Gasteiger partial charge in [0.15, 0.2) is 0 Å². The number of piperazine rings is 1. The number of nitrogens with one attached hydrogen (secondary N) is 3. The topological polar surface area (TPSA) is 53.2 Å². The van der Waals surface area contributed by atoms with Crippen molar-refractivity contribution in [3.63, 3.8) is 0 Å². The fraction of sp³-hybridized carbons (Fsp3) is 0.929. The number of rotatable bonds is 4. The molecule has 1 aliphatic carbocycles. The second kappa shape index (κ2) is 7.10. The Morgan fingerprint density at radius 1 is 1.22 bits per heavy atom. The number of carbonyl (C=O) groups is 1. The number of hydrogen-bond donors (Lipinski definition) is 3. The third-order valence-electron chi connectivity index (χ3n) is 4.25. The highest BCUT2D eigenvalue weighted by Gasteiger charge is 2.25. The Morgan fingerprint density at radius 2 is 2.00 bits per heavy atom. The highest BCUT2D eigenvalue weighted by atomic mass is 16.2. The van der Waals surface area contributed by atoms with Gasteiger partial charge in [0.1, 0.15) is 0 Å². The number of hydrogen-bond acceptors (Lipinski definition) is 3. The van der Waals surface area contributed by atoms with Crippen LogP contribution in [0.5, 0.6) is 0 Å². The Kier molecular flexibility index (Phi) is 5.45. The van der Waals surface area contributed by atoms with Gasteiger partial charge in [0.2, 0.25) is 5.91 Å². The van der Waals surface area contributed by atoms with Crippen LogP contribution >= 0.6 is 0 Å². The van der Waals surface area contributed by atoms with Crippen LogP contribution < -0.4 is 16.0 Å². The summed E-state index contributed by atoms with van der Waals surface area (Å²) in [5.74, 6) is 1.08. The van der Waals surface area contributed by atoms with Crippen molar-refractivity contribution in [3.05, 3.63) is 0 Å². The second-order valence-electron chi connectivity index (χ2n) is 5.73. The van der Waals surface area contributed by atoms with Gasteiger partial charge in [-0.2, -0.15) is 0 Å². The van der Waals surface area contributed by atoms with E-state index in [4.69, 9.17) is 0 Å². The summed E-state index contributed by atoms with van der Waals surface area (Å²) in [5, 5.41) is 9.73. The van der Waals surface area contributed by atoms with Gasteiger partial charge in [-0.1, -0.05) is 19.8 Å². The first-order valence-corrected chi connectivity index (χ1v) is 7.54. The summed E-state index contributed by atoms with van der Waals surface area (Å²) in [5.41, 5.74) is 0. The molecule has 0 spiro atoms. The quantitative estimate of drug-likeness (QED) is 0.701. The molecule has 2 rings (SSSR count). The fourth-order valence-corrected chi connectivity index (χ4v) is 3.14. The van der Waals surface area contributed by atoms with Crippen molar-refractivity contribution in [1.29, 1.82) is 0 Å². The Balaban J connectivity index is 1.68. The Bertz CT molecular complexity index is 256. The average molecular weight is 253 g/mol. The first-order valence-electron chi connectivity index (χ1n) is 7.54. The summed E-state index contributed by atoms with van der Waals surface area (Å²) in [7, 11) is 0. The SMILES string of the molecule is CCCC1CCC(NC(=O)C2CNCCN2)CC1. The van der Waals surface area contributed by atoms with Crippen molar-refractivity contribution in [2.45, 2.75) is 57.5 Å². The molecule has 2 fully saturated rings. The molecule has 1 aliphatic heterocycles. The van der Waals surface area contributed by atoms with E-state index >= 15 is 0 Å². The largest absolute Gasteiger partial charge is 0.352 e. The normalized spacial score (nSPS) is 33.1. The summed E-state index contributed by atoms with van der Waals surface area (Å²) in [6.45, 7) is 4.87. The lowest BCUT2D eigenvalue weighted by Gasteiger charge is -2.31. The van der Waals surface area contributed by atoms with E-state index in [1.54, 1.807) is 0 Å². The van der Waals surface area contributed by atoms with Gasteiger partial charge < -0.3 is 16.0 Å². The van der Waals surface area contributed by atoms with Crippen LogP contribution in [0.2, 0.25) is 0 Å². The van der Waals surface area contributed by atoms with E-state index < -0.39 is 0 Å². The Hall–Kier alpha value is -0.610. The molecular weight excluding hydrogens is 226 g/mol. The molecule has 4 heteroatoms. The van der Waals surface area contributed by atoms with E-state index in [9.17, 15) is 4.79 Å². The van der Waals surface area contributed by atoms with Crippen LogP contribution in [-0.2, 0) is 4.79 Å². The average Bonchev–Trinajstić information content (AvgIpc) is 2.42. The number of carbonyl (C=O) groups excluding carboxylic acids is 1. The van der Waals surface area contributed by atoms with Gasteiger partial charge in [-0.05, 0) is 31.6 Å². The first kappa shape index (κ1) is 13.8. The molecule has 1 heterocycles. The highest BCUT2D eigenvalue weighted by Crippen LogP contribution is 2.27. The summed E-state index contributed by atoms with van der Waals surface area (Å²) < 4.78 is 0. The maximum atomic E-state index is 12.1. The molecule has 0 bridgehead atoms. The molecule has 104 valence electrons. The molecule has 2 aliphatic rings. The molecule has 0 radical (unpaired) electrons. The predicted molar refractivity (Wildman–Crippen MR) is 73.5 cm³/mol. The predicted octanol–water partition coefficient (Wildman–Crippen LogP) is 1.02. The van der Waals surface area contributed by atoms with Gasteiger partial charge >= 0.3 is 0 Å². The molecular formula is C14H27N3O. The van der Waals surface area contributed by atoms with Gasteiger partial charge in [0.25, 0.3) is 0 Å². The lowest BCUT2D eigenvalue weighted by molar-refractivity contribution is -0.124. The minimum atomic E-state index is -0.0351. The van der Waals surface area contributed by atoms with Crippen LogP contribution in [0.4, 0.5) is 0 Å². The molecule has 1 saturated heterocycles. The van der Waals surface area contributed by atoms with Crippen LogP contribution in [0, 0.1) is 5.92 Å². The minimum absolute atomic E-state index is 0.0351. The molecule has 1 saturated carbocycles. The fourth-order valence-electron chi connectivity index (χ4n) is 3.14. The molecule has 0 aromatic heterocycles. The molecule has 4 nitrogen and oxygen atoms in total. The van der Waals surface area contributed by atoms with Crippen LogP contribution in [0.25, 0.3) is 0 Å². The van der Waals surface area contributed by atoms with Gasteiger partial charge in [-0.3, -0.25) is 4.79 Å². The van der Waals surface area contributed by atoms with E-state index in [-0.39, 0.29) is 11.9 Å². The Labute approximate surface area is 110 Å². The maximum absolute atomic E-state index is 12.1. The first-order chi connectivity index (χ1) is 8.79. The molecule has 1 atom stereocenters. The smallest absolute Gasteiger partial charge is 0.238 e. The van der Waals surface area contributed by atoms with E-state index in [0.29, 0.717) is 6.04 Å². The molecule has 1 amide bonds. The summed E-state index contributed by atoms with van der Waals surface area (Å²) in [6, 6.07) is 0.376. The van der Waals surface area contributed by atoms with Crippen molar-refractivity contribution in [3.8, 4) is 0 Å². The zero-order chi connectivity index (χ0) is 12.8. The lowest BCUT2D eigenvalue weighted by atomic mass is 9.83. The van der Waals surface area contributed by atoms with Crippen LogP contribution in [-0.4, -0.2) is 37.6 Å². The van der Waals surface area contributed by atoms with E-state index in [1.807, 2.05) is 0 Å². The Morgan fingerprint density at radius 3 is 2.61 bits per heavy atom. The lowest BCUT2D eigenvalue weighted by Crippen LogP contribution is -2.57. The minimum Gasteiger partial charge on any atom is -0.352 e. The van der Waals surface area contributed by atoms with Gasteiger partial charge in [0, 0.05) is 25.7 Å². The van der Waals surface area contributed by atoms with Gasteiger partial charge in [-0.15, -0.1) is 0 Å². The third kappa shape index (κ3) is 3.95. The highest BCUT2D eigenvalue weighted by molar-refractivity contribution is 5.82. The van der Waals surface area contributed by atoms with Crippen LogP contribution in [0.3, 0.4) is 0 Å². The van der Waals surface area contributed by atoms with Crippen LogP contribution in [0.15, 0.2) is 0 Å². The molecule has 18 heavy (non-hydrogen) atoms. The maximum Gasteiger partial charge on any atom is 0.238 e. The summed E-state index contributed by atoms with van der Waals surface area (Å²) >= 11 is 0. The second-order valence-corrected chi connectivity index (χ2v) is 5.73. The van der Waals surface area contributed by atoms with Crippen molar-refractivity contribution >= 4 is 5.91 Å². The molecule has 0 aromatic carbocycles. The standard InChI is InChI=1S/C14H27N3O/c1-2-3-11-4-6-12(7-5-11)17-14(18)13-10-15-8-9-16-13/h11-13,15-16H,2-10H2,1H3,(H,17,18). The molecule has 3 N–H and O–H groups in total. The zero-order valence-corrected chi connectivity index (χ0v) is 11.5. The van der Waals surface area contributed by atoms with E-state index in [1.165, 1.54) is 25.7 Å². The monoisotopic (exact) mass is 253 g/mol. The number of amides is 1. The van der Waals surface area contributed by atoms with E-state index in [0.717, 1.165) is 38.4 Å². The molecule has 0 aromatic rings. The van der Waals surface area contributed by atoms with Crippen LogP contribution in [0.1, 0.15) is 45.4 Å². The zero-order valence-electron chi connectivity index (χ0n) is 11.5. The van der Waals surface area contributed by atoms with Crippen molar-refractivity contribution in [2.75, 3.05) is 19.6 Å². The summed E-state index contributed by atoms with van der Waals surface area (Å²) in [6.07, 6.45) is 7.55. The summed E-state index contributed by atoms with van der Waals surface area (Å²) in [4.78, 5) is 12.1. The van der Waals surface area contributed by atoms with Crippen molar-refractivity contribution in [1.82, 2.24) is 16.0 Å². The third-order valence-corrected chi connectivity index (χ3v) is 4.25. The van der Waals surface area contributed by atoms with E-state index in [2.05, 4.69) is 22.9 Å². The van der Waals surface area contributed by atoms with Gasteiger partial charge in [0.05, 0.1) is 6.04 Å². The van der Waals surface area contributed by atoms with Gasteiger partial charge in [-0.25, -0.2) is 0 Å². The van der Waals surface area contributed by atoms with Crippen molar-refractivity contribution < 1.29 is 4.79 Å². The van der Waals surface area contributed by atoms with Crippen molar-refractivity contribution in [2.24, 2.45) is 5.92 Å². The molecule has 1 unspecified atom stereocenters.